The number of rotatable bonds is 3. The molecule has 1 aliphatic rings. The molecule has 1 atom stereocenters. The van der Waals surface area contributed by atoms with E-state index in [1.165, 1.54) is 6.92 Å². The monoisotopic (exact) mass is 275 g/mol. The Morgan fingerprint density at radius 1 is 1.30 bits per heavy atom. The van der Waals surface area contributed by atoms with E-state index in [1.54, 1.807) is 6.07 Å². The van der Waals surface area contributed by atoms with Gasteiger partial charge in [0.05, 0.1) is 5.92 Å². The van der Waals surface area contributed by atoms with Gasteiger partial charge in [-0.1, -0.05) is 6.07 Å². The Bertz CT molecular complexity index is 508. The van der Waals surface area contributed by atoms with Crippen LogP contribution in [0.2, 0.25) is 0 Å². The molecular formula is C15H21N3O2. The van der Waals surface area contributed by atoms with Crippen molar-refractivity contribution in [2.75, 3.05) is 23.7 Å². The molecule has 1 aliphatic heterocycles. The van der Waals surface area contributed by atoms with Gasteiger partial charge >= 0.3 is 0 Å². The highest BCUT2D eigenvalue weighted by Crippen LogP contribution is 2.22. The van der Waals surface area contributed by atoms with Crippen molar-refractivity contribution < 1.29 is 9.59 Å². The molecule has 108 valence electrons. The minimum atomic E-state index is -0.123. The SMILES string of the molecule is CC(=O)Nc1ccc(C)c(NC(=O)[C@@H]2CCCNC2)c1. The summed E-state index contributed by atoms with van der Waals surface area (Å²) in [5.74, 6) is -0.0598. The molecule has 1 fully saturated rings. The average Bonchev–Trinajstić information content (AvgIpc) is 2.43. The van der Waals surface area contributed by atoms with Gasteiger partial charge in [-0.3, -0.25) is 9.59 Å². The lowest BCUT2D eigenvalue weighted by molar-refractivity contribution is -0.120. The third-order valence-corrected chi connectivity index (χ3v) is 3.48. The number of carbonyl (C=O) groups excluding carboxylic acids is 2. The molecule has 2 rings (SSSR count). The zero-order valence-electron chi connectivity index (χ0n) is 12.0. The Morgan fingerprint density at radius 3 is 2.75 bits per heavy atom. The maximum absolute atomic E-state index is 12.2. The number of carbonyl (C=O) groups is 2. The molecule has 1 aromatic carbocycles. The quantitative estimate of drug-likeness (QED) is 0.789. The molecule has 20 heavy (non-hydrogen) atoms. The van der Waals surface area contributed by atoms with Gasteiger partial charge in [-0.25, -0.2) is 0 Å². The minimum absolute atomic E-state index is 0.0209. The van der Waals surface area contributed by atoms with Crippen LogP contribution in [0, 0.1) is 12.8 Å². The van der Waals surface area contributed by atoms with E-state index in [1.807, 2.05) is 19.1 Å². The van der Waals surface area contributed by atoms with Crippen molar-refractivity contribution >= 4 is 23.2 Å². The Labute approximate surface area is 119 Å². The molecule has 5 heteroatoms. The molecule has 1 heterocycles. The van der Waals surface area contributed by atoms with Crippen LogP contribution in [0.1, 0.15) is 25.3 Å². The van der Waals surface area contributed by atoms with Crippen molar-refractivity contribution in [1.82, 2.24) is 5.32 Å². The van der Waals surface area contributed by atoms with E-state index in [2.05, 4.69) is 16.0 Å². The maximum atomic E-state index is 12.2. The molecule has 0 aliphatic carbocycles. The fraction of sp³-hybridized carbons (Fsp3) is 0.467. The summed E-state index contributed by atoms with van der Waals surface area (Å²) in [4.78, 5) is 23.3. The zero-order chi connectivity index (χ0) is 14.5. The van der Waals surface area contributed by atoms with Gasteiger partial charge in [-0.05, 0) is 44.0 Å². The summed E-state index contributed by atoms with van der Waals surface area (Å²) in [6.07, 6.45) is 1.95. The van der Waals surface area contributed by atoms with Crippen LogP contribution in [0.4, 0.5) is 11.4 Å². The summed E-state index contributed by atoms with van der Waals surface area (Å²) in [7, 11) is 0. The number of benzene rings is 1. The van der Waals surface area contributed by atoms with Gasteiger partial charge in [0.15, 0.2) is 0 Å². The van der Waals surface area contributed by atoms with Crippen LogP contribution in [-0.4, -0.2) is 24.9 Å². The highest BCUT2D eigenvalue weighted by molar-refractivity contribution is 5.95. The summed E-state index contributed by atoms with van der Waals surface area (Å²) in [5, 5.41) is 8.92. The standard InChI is InChI=1S/C15H21N3O2/c1-10-5-6-13(17-11(2)19)8-14(10)18-15(20)12-4-3-7-16-9-12/h5-6,8,12,16H,3-4,7,9H2,1-2H3,(H,17,19)(H,18,20)/t12-/m1/s1. The molecule has 0 aromatic heterocycles. The number of amides is 2. The van der Waals surface area contributed by atoms with Gasteiger partial charge in [0.2, 0.25) is 11.8 Å². The first kappa shape index (κ1) is 14.5. The topological polar surface area (TPSA) is 70.2 Å². The molecule has 1 aromatic rings. The fourth-order valence-corrected chi connectivity index (χ4v) is 2.35. The molecule has 0 saturated carbocycles. The lowest BCUT2D eigenvalue weighted by atomic mass is 9.98. The largest absolute Gasteiger partial charge is 0.326 e. The van der Waals surface area contributed by atoms with Gasteiger partial charge in [-0.2, -0.15) is 0 Å². The second kappa shape index (κ2) is 6.52. The van der Waals surface area contributed by atoms with E-state index in [0.29, 0.717) is 5.69 Å². The highest BCUT2D eigenvalue weighted by Gasteiger charge is 2.21. The first-order valence-electron chi connectivity index (χ1n) is 6.96. The van der Waals surface area contributed by atoms with Crippen LogP contribution < -0.4 is 16.0 Å². The van der Waals surface area contributed by atoms with Gasteiger partial charge in [-0.15, -0.1) is 0 Å². The van der Waals surface area contributed by atoms with E-state index < -0.39 is 0 Å². The number of anilines is 2. The zero-order valence-corrected chi connectivity index (χ0v) is 12.0. The van der Waals surface area contributed by atoms with Crippen molar-refractivity contribution in [1.29, 1.82) is 0 Å². The smallest absolute Gasteiger partial charge is 0.228 e. The van der Waals surface area contributed by atoms with Crippen molar-refractivity contribution in [3.63, 3.8) is 0 Å². The maximum Gasteiger partial charge on any atom is 0.228 e. The number of hydrogen-bond donors (Lipinski definition) is 3. The van der Waals surface area contributed by atoms with Gasteiger partial charge in [0, 0.05) is 24.8 Å². The first-order valence-corrected chi connectivity index (χ1v) is 6.96. The summed E-state index contributed by atoms with van der Waals surface area (Å²) >= 11 is 0. The van der Waals surface area contributed by atoms with Gasteiger partial charge < -0.3 is 16.0 Å². The average molecular weight is 275 g/mol. The number of hydrogen-bond acceptors (Lipinski definition) is 3. The number of piperidine rings is 1. The van der Waals surface area contributed by atoms with Gasteiger partial charge in [0.1, 0.15) is 0 Å². The van der Waals surface area contributed by atoms with Crippen molar-refractivity contribution in [3.8, 4) is 0 Å². The second-order valence-electron chi connectivity index (χ2n) is 5.24. The van der Waals surface area contributed by atoms with Crippen LogP contribution in [-0.2, 0) is 9.59 Å². The summed E-state index contributed by atoms with van der Waals surface area (Å²) in [6, 6.07) is 5.51. The predicted molar refractivity (Wildman–Crippen MR) is 79.7 cm³/mol. The fourth-order valence-electron chi connectivity index (χ4n) is 2.35. The molecule has 0 unspecified atom stereocenters. The highest BCUT2D eigenvalue weighted by atomic mass is 16.2. The molecule has 1 saturated heterocycles. The number of nitrogens with one attached hydrogen (secondary N) is 3. The van der Waals surface area contributed by atoms with Crippen molar-refractivity contribution in [3.05, 3.63) is 23.8 Å². The Balaban J connectivity index is 2.07. The van der Waals surface area contributed by atoms with Crippen LogP contribution in [0.3, 0.4) is 0 Å². The third kappa shape index (κ3) is 3.81. The lowest BCUT2D eigenvalue weighted by Gasteiger charge is -2.22. The first-order chi connectivity index (χ1) is 9.56. The summed E-state index contributed by atoms with van der Waals surface area (Å²) in [5.41, 5.74) is 2.43. The minimum Gasteiger partial charge on any atom is -0.326 e. The molecule has 2 amide bonds. The van der Waals surface area contributed by atoms with E-state index in [9.17, 15) is 9.59 Å². The number of aryl methyl sites for hydroxylation is 1. The normalized spacial score (nSPS) is 18.4. The molecule has 3 N–H and O–H groups in total. The van der Waals surface area contributed by atoms with Crippen LogP contribution >= 0.6 is 0 Å². The Hall–Kier alpha value is -1.88. The van der Waals surface area contributed by atoms with Crippen molar-refractivity contribution in [2.45, 2.75) is 26.7 Å². The van der Waals surface area contributed by atoms with E-state index in [-0.39, 0.29) is 17.7 Å². The second-order valence-corrected chi connectivity index (χ2v) is 5.24. The summed E-state index contributed by atoms with van der Waals surface area (Å²) < 4.78 is 0. The lowest BCUT2D eigenvalue weighted by Crippen LogP contribution is -2.37. The van der Waals surface area contributed by atoms with Crippen LogP contribution in [0.25, 0.3) is 0 Å². The van der Waals surface area contributed by atoms with Crippen LogP contribution in [0.15, 0.2) is 18.2 Å². The molecule has 5 nitrogen and oxygen atoms in total. The van der Waals surface area contributed by atoms with E-state index in [4.69, 9.17) is 0 Å². The van der Waals surface area contributed by atoms with Crippen LogP contribution in [0.5, 0.6) is 0 Å². The van der Waals surface area contributed by atoms with E-state index >= 15 is 0 Å². The predicted octanol–water partition coefficient (Wildman–Crippen LogP) is 1.89. The summed E-state index contributed by atoms with van der Waals surface area (Å²) in [6.45, 7) is 5.12. The van der Waals surface area contributed by atoms with Gasteiger partial charge in [0.25, 0.3) is 0 Å². The third-order valence-electron chi connectivity index (χ3n) is 3.48. The molecule has 0 radical (unpaired) electrons. The molecule has 0 bridgehead atoms. The molecule has 0 spiro atoms. The van der Waals surface area contributed by atoms with Crippen molar-refractivity contribution in [2.24, 2.45) is 5.92 Å². The molecular weight excluding hydrogens is 254 g/mol. The Kier molecular flexibility index (Phi) is 4.74. The Morgan fingerprint density at radius 2 is 2.10 bits per heavy atom. The van der Waals surface area contributed by atoms with E-state index in [0.717, 1.165) is 37.2 Å².